The number of anilines is 1. The highest BCUT2D eigenvalue weighted by Gasteiger charge is 2.21. The lowest BCUT2D eigenvalue weighted by molar-refractivity contribution is -0.139. The number of thiazole rings is 1. The molecule has 0 bridgehead atoms. The number of carbonyl (C=O) groups is 2. The van der Waals surface area contributed by atoms with Gasteiger partial charge in [-0.3, -0.25) is 5.32 Å². The number of carbonyl (C=O) groups excluding carboxylic acids is 1. The first-order valence-electron chi connectivity index (χ1n) is 6.11. The third kappa shape index (κ3) is 4.78. The molecular weight excluding hydrogens is 282 g/mol. The van der Waals surface area contributed by atoms with E-state index in [1.807, 2.05) is 26.2 Å². The Morgan fingerprint density at radius 1 is 1.45 bits per heavy atom. The van der Waals surface area contributed by atoms with Gasteiger partial charge >= 0.3 is 12.0 Å². The summed E-state index contributed by atoms with van der Waals surface area (Å²) in [4.78, 5) is 26.8. The molecule has 0 aliphatic carbocycles. The van der Waals surface area contributed by atoms with Gasteiger partial charge in [-0.1, -0.05) is 20.8 Å². The number of carboxylic acid groups (broad SMARTS) is 1. The molecule has 0 unspecified atom stereocenters. The van der Waals surface area contributed by atoms with Gasteiger partial charge in [0.25, 0.3) is 0 Å². The van der Waals surface area contributed by atoms with Gasteiger partial charge in [0.15, 0.2) is 5.13 Å². The van der Waals surface area contributed by atoms with Crippen LogP contribution in [0.25, 0.3) is 0 Å². The van der Waals surface area contributed by atoms with Gasteiger partial charge < -0.3 is 15.5 Å². The first-order valence-corrected chi connectivity index (χ1v) is 6.99. The largest absolute Gasteiger partial charge is 0.480 e. The lowest BCUT2D eigenvalue weighted by atomic mass is 9.93. The van der Waals surface area contributed by atoms with Crippen LogP contribution in [0.5, 0.6) is 0 Å². The van der Waals surface area contributed by atoms with Crippen molar-refractivity contribution < 1.29 is 19.8 Å². The molecule has 112 valence electrons. The van der Waals surface area contributed by atoms with Gasteiger partial charge in [0.1, 0.15) is 6.04 Å². The van der Waals surface area contributed by atoms with Crippen LogP contribution in [-0.2, 0) is 10.2 Å². The number of aliphatic hydroxyl groups is 1. The van der Waals surface area contributed by atoms with Crippen molar-refractivity contribution in [3.8, 4) is 0 Å². The molecule has 0 fully saturated rings. The van der Waals surface area contributed by atoms with Crippen molar-refractivity contribution in [2.24, 2.45) is 0 Å². The zero-order valence-electron chi connectivity index (χ0n) is 11.6. The molecule has 0 aliphatic heterocycles. The average Bonchev–Trinajstić information content (AvgIpc) is 2.76. The fraction of sp³-hybridized carbons (Fsp3) is 0.583. The predicted molar refractivity (Wildman–Crippen MR) is 76.1 cm³/mol. The van der Waals surface area contributed by atoms with Crippen molar-refractivity contribution in [1.82, 2.24) is 10.3 Å². The van der Waals surface area contributed by atoms with Crippen LogP contribution < -0.4 is 10.6 Å². The molecule has 0 spiro atoms. The van der Waals surface area contributed by atoms with Crippen LogP contribution in [0.4, 0.5) is 9.93 Å². The fourth-order valence-electron chi connectivity index (χ4n) is 1.35. The van der Waals surface area contributed by atoms with E-state index >= 15 is 0 Å². The molecule has 1 rings (SSSR count). The van der Waals surface area contributed by atoms with Crippen LogP contribution in [0.3, 0.4) is 0 Å². The third-order valence-corrected chi connectivity index (χ3v) is 3.27. The SMILES string of the molecule is CC(C)(C)c1csc(NC(=O)N[C@@H](CCO)C(=O)O)n1. The molecular formula is C12H19N3O4S. The first kappa shape index (κ1) is 16.4. The van der Waals surface area contributed by atoms with Gasteiger partial charge in [0, 0.05) is 23.8 Å². The molecule has 0 saturated carbocycles. The average molecular weight is 301 g/mol. The number of aliphatic carboxylic acids is 1. The maximum absolute atomic E-state index is 11.7. The van der Waals surface area contributed by atoms with E-state index in [2.05, 4.69) is 15.6 Å². The standard InChI is InChI=1S/C12H19N3O4S/c1-12(2,3)8-6-20-11(14-8)15-10(19)13-7(4-5-16)9(17)18/h6-7,16H,4-5H2,1-3H3,(H,17,18)(H2,13,14,15,19)/t7-/m0/s1. The second kappa shape index (κ2) is 6.67. The lowest BCUT2D eigenvalue weighted by Gasteiger charge is -2.14. The molecule has 0 aromatic carbocycles. The fourth-order valence-corrected chi connectivity index (χ4v) is 2.29. The molecule has 1 heterocycles. The number of nitrogens with one attached hydrogen (secondary N) is 2. The van der Waals surface area contributed by atoms with Crippen LogP contribution in [0.1, 0.15) is 32.9 Å². The zero-order valence-corrected chi connectivity index (χ0v) is 12.5. The van der Waals surface area contributed by atoms with Gasteiger partial charge in [-0.25, -0.2) is 14.6 Å². The van der Waals surface area contributed by atoms with Gasteiger partial charge in [-0.15, -0.1) is 11.3 Å². The number of carboxylic acids is 1. The van der Waals surface area contributed by atoms with Crippen LogP contribution in [-0.4, -0.2) is 39.8 Å². The summed E-state index contributed by atoms with van der Waals surface area (Å²) in [6.45, 7) is 5.71. The minimum absolute atomic E-state index is 0.0478. The lowest BCUT2D eigenvalue weighted by Crippen LogP contribution is -2.43. The van der Waals surface area contributed by atoms with E-state index < -0.39 is 18.0 Å². The number of aliphatic hydroxyl groups excluding tert-OH is 1. The summed E-state index contributed by atoms with van der Waals surface area (Å²) in [6, 6.07) is -1.78. The molecule has 8 heteroatoms. The molecule has 20 heavy (non-hydrogen) atoms. The Kier molecular flexibility index (Phi) is 5.46. The Morgan fingerprint density at radius 2 is 2.10 bits per heavy atom. The maximum Gasteiger partial charge on any atom is 0.326 e. The van der Waals surface area contributed by atoms with Gasteiger partial charge in [0.2, 0.25) is 0 Å². The van der Waals surface area contributed by atoms with Crippen molar-refractivity contribution in [1.29, 1.82) is 0 Å². The topological polar surface area (TPSA) is 112 Å². The van der Waals surface area contributed by atoms with Crippen molar-refractivity contribution in [2.75, 3.05) is 11.9 Å². The minimum atomic E-state index is -1.19. The highest BCUT2D eigenvalue weighted by atomic mass is 32.1. The summed E-state index contributed by atoms with van der Waals surface area (Å²) in [6.07, 6.45) is -0.0478. The smallest absolute Gasteiger partial charge is 0.326 e. The van der Waals surface area contributed by atoms with Crippen LogP contribution >= 0.6 is 11.3 Å². The van der Waals surface area contributed by atoms with Crippen molar-refractivity contribution in [3.63, 3.8) is 0 Å². The zero-order chi connectivity index (χ0) is 15.3. The Bertz CT molecular complexity index is 481. The van der Waals surface area contributed by atoms with E-state index in [0.717, 1.165) is 5.69 Å². The summed E-state index contributed by atoms with van der Waals surface area (Å²) < 4.78 is 0. The summed E-state index contributed by atoms with van der Waals surface area (Å²) >= 11 is 1.27. The Labute approximate surface area is 121 Å². The van der Waals surface area contributed by atoms with Gasteiger partial charge in [-0.2, -0.15) is 0 Å². The molecule has 0 radical (unpaired) electrons. The van der Waals surface area contributed by atoms with E-state index in [-0.39, 0.29) is 18.4 Å². The van der Waals surface area contributed by atoms with E-state index in [4.69, 9.17) is 10.2 Å². The van der Waals surface area contributed by atoms with Crippen molar-refractivity contribution >= 4 is 28.5 Å². The Balaban J connectivity index is 2.62. The normalized spacial score (nSPS) is 12.8. The van der Waals surface area contributed by atoms with Gasteiger partial charge in [-0.05, 0) is 0 Å². The molecule has 2 amide bonds. The van der Waals surface area contributed by atoms with E-state index in [0.29, 0.717) is 5.13 Å². The summed E-state index contributed by atoms with van der Waals surface area (Å²) in [5, 5.41) is 24.6. The van der Waals surface area contributed by atoms with Crippen LogP contribution in [0, 0.1) is 0 Å². The second-order valence-corrected chi connectivity index (χ2v) is 6.15. The molecule has 4 N–H and O–H groups in total. The highest BCUT2D eigenvalue weighted by Crippen LogP contribution is 2.26. The quantitative estimate of drug-likeness (QED) is 0.657. The second-order valence-electron chi connectivity index (χ2n) is 5.29. The van der Waals surface area contributed by atoms with E-state index in [1.54, 1.807) is 0 Å². The van der Waals surface area contributed by atoms with Crippen LogP contribution in [0.15, 0.2) is 5.38 Å². The maximum atomic E-state index is 11.7. The number of urea groups is 1. The van der Waals surface area contributed by atoms with Crippen molar-refractivity contribution in [2.45, 2.75) is 38.6 Å². The number of amides is 2. The predicted octanol–water partition coefficient (Wildman–Crippen LogP) is 1.40. The first-order chi connectivity index (χ1) is 9.24. The molecule has 1 aromatic rings. The summed E-state index contributed by atoms with van der Waals surface area (Å²) in [7, 11) is 0. The molecule has 0 aliphatic rings. The monoisotopic (exact) mass is 301 g/mol. The van der Waals surface area contributed by atoms with E-state index in [1.165, 1.54) is 11.3 Å². The number of rotatable bonds is 5. The highest BCUT2D eigenvalue weighted by molar-refractivity contribution is 7.13. The number of aromatic nitrogens is 1. The molecule has 0 saturated heterocycles. The molecule has 7 nitrogen and oxygen atoms in total. The Hall–Kier alpha value is -1.67. The minimum Gasteiger partial charge on any atom is -0.480 e. The van der Waals surface area contributed by atoms with E-state index in [9.17, 15) is 9.59 Å². The number of hydrogen-bond donors (Lipinski definition) is 4. The summed E-state index contributed by atoms with van der Waals surface area (Å²) in [5.41, 5.74) is 0.732. The summed E-state index contributed by atoms with van der Waals surface area (Å²) in [5.74, 6) is -1.19. The Morgan fingerprint density at radius 3 is 2.55 bits per heavy atom. The van der Waals surface area contributed by atoms with Gasteiger partial charge in [0.05, 0.1) is 5.69 Å². The van der Waals surface area contributed by atoms with Crippen LogP contribution in [0.2, 0.25) is 0 Å². The molecule has 1 atom stereocenters. The van der Waals surface area contributed by atoms with Crippen molar-refractivity contribution in [3.05, 3.63) is 11.1 Å². The molecule has 1 aromatic heterocycles. The number of nitrogens with zero attached hydrogens (tertiary/aromatic N) is 1. The third-order valence-electron chi connectivity index (χ3n) is 2.51. The number of hydrogen-bond acceptors (Lipinski definition) is 5.